The van der Waals surface area contributed by atoms with E-state index in [4.69, 9.17) is 4.74 Å². The first-order chi connectivity index (χ1) is 9.60. The molecule has 0 saturated carbocycles. The van der Waals surface area contributed by atoms with E-state index in [2.05, 4.69) is 0 Å². The molecular weight excluding hydrogens is 272 g/mol. The fourth-order valence-electron chi connectivity index (χ4n) is 2.54. The second-order valence-corrected chi connectivity index (χ2v) is 7.68. The highest BCUT2D eigenvalue weighted by Crippen LogP contribution is 2.32. The van der Waals surface area contributed by atoms with Crippen molar-refractivity contribution in [1.82, 2.24) is 0 Å². The molecule has 0 N–H and O–H groups in total. The van der Waals surface area contributed by atoms with E-state index >= 15 is 0 Å². The maximum absolute atomic E-state index is 12.9. The normalized spacial score (nSPS) is 18.5. The van der Waals surface area contributed by atoms with E-state index in [1.807, 2.05) is 18.2 Å². The Balaban J connectivity index is 2.35. The summed E-state index contributed by atoms with van der Waals surface area (Å²) in [6.07, 6.45) is 2.19. The average molecular weight is 293 g/mol. The molecule has 0 amide bonds. The third-order valence-electron chi connectivity index (χ3n) is 3.74. The fourth-order valence-corrected chi connectivity index (χ4v) is 5.34. The summed E-state index contributed by atoms with van der Waals surface area (Å²) < 4.78 is 4.19. The molecule has 1 aliphatic rings. The van der Waals surface area contributed by atoms with Crippen molar-refractivity contribution in [2.24, 2.45) is 0 Å². The molecule has 1 aromatic rings. The van der Waals surface area contributed by atoms with Crippen molar-refractivity contribution in [2.75, 3.05) is 18.1 Å². The van der Waals surface area contributed by atoms with Crippen molar-refractivity contribution < 1.29 is 14.3 Å². The summed E-state index contributed by atoms with van der Waals surface area (Å²) >= 11 is 0. The van der Waals surface area contributed by atoms with Crippen molar-refractivity contribution in [3.8, 4) is 0 Å². The molecule has 1 fully saturated rings. The molecule has 1 heterocycles. The van der Waals surface area contributed by atoms with E-state index in [0.717, 1.165) is 24.3 Å². The quantitative estimate of drug-likeness (QED) is 0.363. The van der Waals surface area contributed by atoms with E-state index in [0.29, 0.717) is 12.2 Å². The van der Waals surface area contributed by atoms with Crippen LogP contribution >= 0.6 is 0 Å². The highest BCUT2D eigenvalue weighted by Gasteiger charge is 2.58. The molecule has 1 atom stereocenters. The molecule has 0 spiro atoms. The van der Waals surface area contributed by atoms with E-state index in [1.54, 1.807) is 26.0 Å². The molecule has 4 heteroatoms. The van der Waals surface area contributed by atoms with Crippen molar-refractivity contribution in [3.63, 3.8) is 0 Å². The molecule has 0 bridgehead atoms. The van der Waals surface area contributed by atoms with Crippen LogP contribution in [0.4, 0.5) is 0 Å². The molecule has 1 aliphatic heterocycles. The van der Waals surface area contributed by atoms with Gasteiger partial charge in [-0.1, -0.05) is 30.3 Å². The number of hydrogen-bond donors (Lipinski definition) is 0. The van der Waals surface area contributed by atoms with Crippen LogP contribution in [0.5, 0.6) is 0 Å². The van der Waals surface area contributed by atoms with Gasteiger partial charge < -0.3 is 4.74 Å². The SMILES string of the molecule is CCOC(=O)C(C)(C(=O)c1ccccc1)[S+]1CCCC1. The maximum Gasteiger partial charge on any atom is 0.370 e. The zero-order valence-corrected chi connectivity index (χ0v) is 12.9. The molecule has 2 rings (SSSR count). The lowest BCUT2D eigenvalue weighted by molar-refractivity contribution is -0.144. The lowest BCUT2D eigenvalue weighted by Crippen LogP contribution is -2.52. The monoisotopic (exact) mass is 293 g/mol. The Kier molecular flexibility index (Phi) is 4.86. The van der Waals surface area contributed by atoms with Crippen molar-refractivity contribution in [1.29, 1.82) is 0 Å². The first-order valence-electron chi connectivity index (χ1n) is 7.05. The predicted octanol–water partition coefficient (Wildman–Crippen LogP) is 2.60. The van der Waals surface area contributed by atoms with Gasteiger partial charge in [-0.15, -0.1) is 0 Å². The van der Waals surface area contributed by atoms with Crippen LogP contribution in [0.2, 0.25) is 0 Å². The van der Waals surface area contributed by atoms with Crippen molar-refractivity contribution in [3.05, 3.63) is 35.9 Å². The maximum atomic E-state index is 12.9. The largest absolute Gasteiger partial charge is 0.462 e. The highest BCUT2D eigenvalue weighted by atomic mass is 32.2. The Morgan fingerprint density at radius 2 is 1.80 bits per heavy atom. The van der Waals surface area contributed by atoms with Gasteiger partial charge >= 0.3 is 5.97 Å². The minimum Gasteiger partial charge on any atom is -0.462 e. The number of carbonyl (C=O) groups is 2. The minimum absolute atomic E-state index is 0.0956. The summed E-state index contributed by atoms with van der Waals surface area (Å²) in [6.45, 7) is 3.87. The Morgan fingerprint density at radius 3 is 2.35 bits per heavy atom. The van der Waals surface area contributed by atoms with Gasteiger partial charge in [0.1, 0.15) is 11.5 Å². The van der Waals surface area contributed by atoms with E-state index < -0.39 is 4.75 Å². The number of hydrogen-bond acceptors (Lipinski definition) is 3. The molecule has 20 heavy (non-hydrogen) atoms. The summed E-state index contributed by atoms with van der Waals surface area (Å²) in [5.74, 6) is 1.45. The van der Waals surface area contributed by atoms with Crippen LogP contribution in [0.3, 0.4) is 0 Å². The topological polar surface area (TPSA) is 43.4 Å². The zero-order chi connectivity index (χ0) is 14.6. The van der Waals surface area contributed by atoms with Crippen LogP contribution in [0.1, 0.15) is 37.0 Å². The smallest absolute Gasteiger partial charge is 0.370 e. The second-order valence-electron chi connectivity index (χ2n) is 5.06. The second kappa shape index (κ2) is 6.44. The van der Waals surface area contributed by atoms with E-state index in [-0.39, 0.29) is 22.6 Å². The zero-order valence-electron chi connectivity index (χ0n) is 12.1. The summed E-state index contributed by atoms with van der Waals surface area (Å²) in [4.78, 5) is 25.3. The molecule has 3 nitrogen and oxygen atoms in total. The third kappa shape index (κ3) is 2.75. The Hall–Kier alpha value is -1.29. The van der Waals surface area contributed by atoms with Crippen LogP contribution in [0, 0.1) is 0 Å². The molecule has 108 valence electrons. The summed E-state index contributed by atoms with van der Waals surface area (Å²) in [5.41, 5.74) is 0.599. The van der Waals surface area contributed by atoms with E-state index in [1.165, 1.54) is 0 Å². The first-order valence-corrected chi connectivity index (χ1v) is 8.61. The van der Waals surface area contributed by atoms with Crippen molar-refractivity contribution in [2.45, 2.75) is 31.4 Å². The Bertz CT molecular complexity index is 480. The van der Waals surface area contributed by atoms with Crippen LogP contribution in [-0.4, -0.2) is 34.6 Å². The summed E-state index contributed by atoms with van der Waals surface area (Å²) in [7, 11) is -0.217. The van der Waals surface area contributed by atoms with E-state index in [9.17, 15) is 9.59 Å². The third-order valence-corrected chi connectivity index (χ3v) is 6.81. The number of ketones is 1. The first kappa shape index (κ1) is 15.1. The lowest BCUT2D eigenvalue weighted by Gasteiger charge is -2.24. The van der Waals surface area contributed by atoms with Gasteiger partial charge in [0.2, 0.25) is 5.78 Å². The Morgan fingerprint density at radius 1 is 1.20 bits per heavy atom. The predicted molar refractivity (Wildman–Crippen MR) is 82.1 cm³/mol. The number of benzene rings is 1. The lowest BCUT2D eigenvalue weighted by atomic mass is 9.98. The molecule has 0 radical (unpaired) electrons. The molecule has 1 aromatic carbocycles. The number of Topliss-reactive ketones (excluding diaryl/α,β-unsaturated/α-hetero) is 1. The van der Waals surface area contributed by atoms with Crippen LogP contribution in [0.15, 0.2) is 30.3 Å². The number of esters is 1. The Labute approximate surface area is 123 Å². The fraction of sp³-hybridized carbons (Fsp3) is 0.500. The summed E-state index contributed by atoms with van der Waals surface area (Å²) in [6, 6.07) is 9.09. The molecule has 0 aliphatic carbocycles. The highest BCUT2D eigenvalue weighted by molar-refractivity contribution is 7.99. The van der Waals surface area contributed by atoms with Crippen LogP contribution < -0.4 is 0 Å². The standard InChI is InChI=1S/C16H21O3S/c1-3-19-15(18)16(2,20-11-7-8-12-20)14(17)13-9-5-4-6-10-13/h4-6,9-10H,3,7-8,11-12H2,1-2H3/q+1. The van der Waals surface area contributed by atoms with Crippen molar-refractivity contribution >= 4 is 22.6 Å². The van der Waals surface area contributed by atoms with Gasteiger partial charge in [0.15, 0.2) is 0 Å². The van der Waals surface area contributed by atoms with Gasteiger partial charge in [-0.25, -0.2) is 4.79 Å². The molecule has 1 saturated heterocycles. The minimum atomic E-state index is -1.02. The van der Waals surface area contributed by atoms with Gasteiger partial charge in [0.25, 0.3) is 4.75 Å². The van der Waals surface area contributed by atoms with Gasteiger partial charge in [0, 0.05) is 23.4 Å². The number of ether oxygens (including phenoxy) is 1. The van der Waals surface area contributed by atoms with Gasteiger partial charge in [-0.3, -0.25) is 4.79 Å². The van der Waals surface area contributed by atoms with Crippen LogP contribution in [-0.2, 0) is 20.4 Å². The molecule has 1 unspecified atom stereocenters. The molecular formula is C16H21O3S+. The average Bonchev–Trinajstić information content (AvgIpc) is 3.01. The number of rotatable bonds is 5. The summed E-state index contributed by atoms with van der Waals surface area (Å²) in [5, 5.41) is 0. The molecule has 0 aromatic heterocycles. The van der Waals surface area contributed by atoms with Gasteiger partial charge in [-0.2, -0.15) is 0 Å². The van der Waals surface area contributed by atoms with Gasteiger partial charge in [0.05, 0.1) is 6.61 Å². The van der Waals surface area contributed by atoms with Crippen LogP contribution in [0.25, 0.3) is 0 Å². The number of carbonyl (C=O) groups excluding carboxylic acids is 2. The van der Waals surface area contributed by atoms with Gasteiger partial charge in [-0.05, 0) is 19.8 Å².